The molecule has 4 aromatic carbocycles. The van der Waals surface area contributed by atoms with E-state index >= 15 is 0 Å². The first kappa shape index (κ1) is 27.5. The Bertz CT molecular complexity index is 1200. The summed E-state index contributed by atoms with van der Waals surface area (Å²) in [5.74, 6) is 8.13. The van der Waals surface area contributed by atoms with E-state index in [2.05, 4.69) is 0 Å². The second-order valence-corrected chi connectivity index (χ2v) is 12.7. The van der Waals surface area contributed by atoms with Crippen LogP contribution in [-0.2, 0) is 0 Å². The third-order valence-electron chi connectivity index (χ3n) is 5.55. The molecule has 0 saturated carbocycles. The Labute approximate surface area is 239 Å². The van der Waals surface area contributed by atoms with E-state index in [9.17, 15) is 0 Å². The lowest BCUT2D eigenvalue weighted by Crippen LogP contribution is -1.87. The number of benzene rings is 4. The van der Waals surface area contributed by atoms with Crippen LogP contribution in [0.25, 0.3) is 20.1 Å². The van der Waals surface area contributed by atoms with Gasteiger partial charge in [0.05, 0.1) is 43.4 Å². The maximum absolute atomic E-state index is 6.95. The summed E-state index contributed by atoms with van der Waals surface area (Å²) >= 11 is 27.8. The fourth-order valence-electron chi connectivity index (χ4n) is 3.70. The zero-order chi connectivity index (χ0) is 26.1. The van der Waals surface area contributed by atoms with Gasteiger partial charge in [0.25, 0.3) is 0 Å². The molecule has 0 amide bonds. The first-order valence-corrected chi connectivity index (χ1v) is 15.2. The predicted molar refractivity (Wildman–Crippen MR) is 168 cm³/mol. The molecule has 0 saturated heterocycles. The Hall–Kier alpha value is -2.57. The van der Waals surface area contributed by atoms with E-state index in [1.807, 2.05) is 145 Å². The number of hydrogen-bond acceptors (Lipinski definition) is 0. The summed E-state index contributed by atoms with van der Waals surface area (Å²) in [4.78, 5) is 0. The Balaban J connectivity index is 1.99. The minimum Gasteiger partial charge on any atom is -0.0800 e. The average Bonchev–Trinajstić information content (AvgIpc) is 2.94. The fourth-order valence-corrected chi connectivity index (χ4v) is 8.84. The molecule has 0 aliphatic rings. The normalized spacial score (nSPS) is 13.5. The first-order chi connectivity index (χ1) is 18.0. The molecule has 37 heavy (non-hydrogen) atoms. The molecule has 0 aliphatic carbocycles. The molecule has 0 atom stereocenters. The molecule has 0 N–H and O–H groups in total. The summed E-state index contributed by atoms with van der Waals surface area (Å²) in [6.45, 7) is 0. The highest BCUT2D eigenvalue weighted by molar-refractivity contribution is 7.88. The molecule has 0 heterocycles. The van der Waals surface area contributed by atoms with Crippen LogP contribution >= 0.6 is 53.7 Å². The van der Waals surface area contributed by atoms with Gasteiger partial charge in [0.2, 0.25) is 0 Å². The van der Waals surface area contributed by atoms with Crippen molar-refractivity contribution in [3.8, 4) is 0 Å². The zero-order valence-electron chi connectivity index (χ0n) is 19.8. The summed E-state index contributed by atoms with van der Waals surface area (Å²) in [6, 6.07) is 39.3. The van der Waals surface area contributed by atoms with Gasteiger partial charge in [0.15, 0.2) is 0 Å². The van der Waals surface area contributed by atoms with Gasteiger partial charge in [-0.25, -0.2) is 0 Å². The van der Waals surface area contributed by atoms with E-state index in [-0.39, 0.29) is 0 Å². The molecule has 0 aromatic heterocycles. The summed E-state index contributed by atoms with van der Waals surface area (Å²) < 4.78 is 0. The minimum atomic E-state index is -2.56. The molecule has 0 nitrogen and oxygen atoms in total. The lowest BCUT2D eigenvalue weighted by molar-refractivity contribution is 1.65. The molecular weight excluding hydrogens is 557 g/mol. The van der Waals surface area contributed by atoms with Crippen LogP contribution in [0.15, 0.2) is 145 Å². The average molecular weight is 581 g/mol. The molecule has 4 aromatic rings. The van der Waals surface area contributed by atoms with Crippen molar-refractivity contribution in [2.75, 3.05) is 0 Å². The monoisotopic (exact) mass is 579 g/mol. The lowest BCUT2D eigenvalue weighted by Gasteiger charge is -2.16. The number of rotatable bonds is 8. The maximum Gasteiger partial charge on any atom is 0.120 e. The SMILES string of the molecule is ClC(=C[P+](/C=C(\Cl)c1ccccc1)(/C=C(\Cl)c1ccccc1)/C=C(/Cl)c1ccccc1)c1ccccc1. The van der Waals surface area contributed by atoms with E-state index in [0.717, 1.165) is 22.3 Å². The summed E-state index contributed by atoms with van der Waals surface area (Å²) in [7, 11) is -2.56. The fraction of sp³-hybridized carbons (Fsp3) is 0. The van der Waals surface area contributed by atoms with Crippen LogP contribution in [-0.4, -0.2) is 0 Å². The predicted octanol–water partition coefficient (Wildman–Crippen LogP) is 12.0. The van der Waals surface area contributed by atoms with Crippen molar-refractivity contribution in [1.82, 2.24) is 0 Å². The second-order valence-electron chi connectivity index (χ2n) is 8.27. The molecule has 0 aliphatic heterocycles. The van der Waals surface area contributed by atoms with Crippen LogP contribution in [0.2, 0.25) is 0 Å². The first-order valence-electron chi connectivity index (χ1n) is 11.6. The van der Waals surface area contributed by atoms with E-state index < -0.39 is 7.26 Å². The van der Waals surface area contributed by atoms with Crippen molar-refractivity contribution in [3.05, 3.63) is 167 Å². The third-order valence-corrected chi connectivity index (χ3v) is 10.3. The van der Waals surface area contributed by atoms with E-state index in [1.54, 1.807) is 0 Å². The second kappa shape index (κ2) is 13.3. The number of halogens is 4. The van der Waals surface area contributed by atoms with Crippen LogP contribution in [0.1, 0.15) is 22.3 Å². The van der Waals surface area contributed by atoms with Crippen LogP contribution in [0.5, 0.6) is 0 Å². The van der Waals surface area contributed by atoms with Crippen molar-refractivity contribution < 1.29 is 0 Å². The molecule has 0 radical (unpaired) electrons. The summed E-state index contributed by atoms with van der Waals surface area (Å²) in [6.07, 6.45) is 0. The Morgan fingerprint density at radius 3 is 0.730 bits per heavy atom. The highest BCUT2D eigenvalue weighted by Crippen LogP contribution is 2.70. The largest absolute Gasteiger partial charge is 0.120 e. The maximum atomic E-state index is 6.95. The van der Waals surface area contributed by atoms with Crippen LogP contribution < -0.4 is 0 Å². The molecule has 4 rings (SSSR count). The molecule has 0 spiro atoms. The van der Waals surface area contributed by atoms with Crippen molar-refractivity contribution in [2.45, 2.75) is 0 Å². The summed E-state index contributed by atoms with van der Waals surface area (Å²) in [5, 5.41) is 2.35. The van der Waals surface area contributed by atoms with Gasteiger partial charge in [-0.1, -0.05) is 168 Å². The van der Waals surface area contributed by atoms with Gasteiger partial charge in [-0.05, 0) is 22.3 Å². The molecule has 5 heteroatoms. The molecule has 0 unspecified atom stereocenters. The quantitative estimate of drug-likeness (QED) is 0.182. The Kier molecular flexibility index (Phi) is 9.87. The topological polar surface area (TPSA) is 0 Å². The van der Waals surface area contributed by atoms with Gasteiger partial charge < -0.3 is 0 Å². The van der Waals surface area contributed by atoms with Gasteiger partial charge in [-0.3, -0.25) is 0 Å². The van der Waals surface area contributed by atoms with Crippen LogP contribution in [0, 0.1) is 0 Å². The Morgan fingerprint density at radius 2 is 0.541 bits per heavy atom. The minimum absolute atomic E-state index is 0.588. The standard InChI is InChI=1S/C32H24Cl4P/c33-29(25-13-5-1-6-14-25)21-37(22-30(34)26-15-7-2-8-16-26,23-31(35)27-17-9-3-10-18-27)24-32(36)28-19-11-4-12-20-28/h1-24H/q+1/b29-21-,30-22-,31-23+,32-24?. The molecule has 0 fully saturated rings. The lowest BCUT2D eigenvalue weighted by atomic mass is 10.2. The highest BCUT2D eigenvalue weighted by Gasteiger charge is 2.33. The van der Waals surface area contributed by atoms with Gasteiger partial charge in [-0.15, -0.1) is 0 Å². The third kappa shape index (κ3) is 7.71. The molecule has 184 valence electrons. The number of hydrogen-bond donors (Lipinski definition) is 0. The summed E-state index contributed by atoms with van der Waals surface area (Å²) in [5.41, 5.74) is 3.58. The van der Waals surface area contributed by atoms with Gasteiger partial charge in [0, 0.05) is 0 Å². The van der Waals surface area contributed by atoms with Crippen molar-refractivity contribution in [1.29, 1.82) is 0 Å². The molecular formula is C32H24Cl4P+. The Morgan fingerprint density at radius 1 is 0.351 bits per heavy atom. The van der Waals surface area contributed by atoms with Crippen molar-refractivity contribution in [2.24, 2.45) is 0 Å². The smallest absolute Gasteiger partial charge is 0.0800 e. The van der Waals surface area contributed by atoms with Gasteiger partial charge in [0.1, 0.15) is 7.26 Å². The van der Waals surface area contributed by atoms with Crippen LogP contribution in [0.3, 0.4) is 0 Å². The van der Waals surface area contributed by atoms with Crippen molar-refractivity contribution >= 4 is 73.8 Å². The van der Waals surface area contributed by atoms with Crippen molar-refractivity contribution in [3.63, 3.8) is 0 Å². The van der Waals surface area contributed by atoms with E-state index in [0.29, 0.717) is 20.1 Å². The highest BCUT2D eigenvalue weighted by atomic mass is 35.5. The zero-order valence-corrected chi connectivity index (χ0v) is 23.7. The van der Waals surface area contributed by atoms with Gasteiger partial charge in [-0.2, -0.15) is 0 Å². The van der Waals surface area contributed by atoms with Crippen LogP contribution in [0.4, 0.5) is 0 Å². The van der Waals surface area contributed by atoms with E-state index in [4.69, 9.17) is 46.4 Å². The molecule has 0 bridgehead atoms. The van der Waals surface area contributed by atoms with Gasteiger partial charge >= 0.3 is 0 Å². The van der Waals surface area contributed by atoms with E-state index in [1.165, 1.54) is 0 Å².